The Morgan fingerprint density at radius 3 is 2.90 bits per heavy atom. The van der Waals surface area contributed by atoms with Gasteiger partial charge in [-0.15, -0.1) is 0 Å². The van der Waals surface area contributed by atoms with Gasteiger partial charge in [-0.1, -0.05) is 11.6 Å². The lowest BCUT2D eigenvalue weighted by Crippen LogP contribution is -2.30. The molecule has 1 N–H and O–H groups in total. The van der Waals surface area contributed by atoms with Crippen LogP contribution in [0.5, 0.6) is 11.5 Å². The lowest BCUT2D eigenvalue weighted by molar-refractivity contribution is 0.297. The van der Waals surface area contributed by atoms with Gasteiger partial charge in [-0.2, -0.15) is 0 Å². The van der Waals surface area contributed by atoms with Crippen LogP contribution >= 0.6 is 11.6 Å². The summed E-state index contributed by atoms with van der Waals surface area (Å²) in [6, 6.07) is 4.82. The maximum Gasteiger partial charge on any atom is 0.179 e. The van der Waals surface area contributed by atoms with Gasteiger partial charge < -0.3 is 19.7 Å². The van der Waals surface area contributed by atoms with Gasteiger partial charge >= 0.3 is 0 Å². The number of benzene rings is 1. The summed E-state index contributed by atoms with van der Waals surface area (Å²) >= 11 is 6.29. The number of rotatable bonds is 6. The highest BCUT2D eigenvalue weighted by atomic mass is 35.5. The van der Waals surface area contributed by atoms with Crippen LogP contribution in [0.15, 0.2) is 12.1 Å². The first-order valence-electron chi connectivity index (χ1n) is 7.73. The molecule has 1 heterocycles. The molecular weight excluding hydrogens is 288 g/mol. The fraction of sp³-hybridized carbons (Fsp3) is 0.625. The predicted molar refractivity (Wildman–Crippen MR) is 84.4 cm³/mol. The molecule has 116 valence electrons. The standard InChI is InChI=1S/C16H23ClN2O2/c1-19(13-3-4-13)6-5-18-11-12-9-14(17)16-15(10-12)20-7-2-8-21-16/h9-10,13,18H,2-8,11H2,1H3. The lowest BCUT2D eigenvalue weighted by atomic mass is 10.2. The quantitative estimate of drug-likeness (QED) is 0.819. The zero-order valence-corrected chi connectivity index (χ0v) is 13.3. The van der Waals surface area contributed by atoms with E-state index in [9.17, 15) is 0 Å². The number of nitrogens with one attached hydrogen (secondary N) is 1. The highest BCUT2D eigenvalue weighted by molar-refractivity contribution is 6.32. The van der Waals surface area contributed by atoms with Gasteiger partial charge in [-0.05, 0) is 37.6 Å². The SMILES string of the molecule is CN(CCNCc1cc(Cl)c2c(c1)OCCCO2)C1CC1. The van der Waals surface area contributed by atoms with Crippen LogP contribution in [0.2, 0.25) is 5.02 Å². The molecule has 0 bridgehead atoms. The summed E-state index contributed by atoms with van der Waals surface area (Å²) in [6.45, 7) is 4.22. The summed E-state index contributed by atoms with van der Waals surface area (Å²) in [6.07, 6.45) is 3.61. The van der Waals surface area contributed by atoms with Crippen LogP contribution < -0.4 is 14.8 Å². The Kier molecular flexibility index (Phi) is 4.88. The second-order valence-corrected chi connectivity index (χ2v) is 6.25. The zero-order valence-electron chi connectivity index (χ0n) is 12.5. The van der Waals surface area contributed by atoms with Crippen LogP contribution in [0, 0.1) is 0 Å². The number of hydrogen-bond acceptors (Lipinski definition) is 4. The number of fused-ring (bicyclic) bond motifs is 1. The first-order chi connectivity index (χ1) is 10.2. The summed E-state index contributed by atoms with van der Waals surface area (Å²) in [5.74, 6) is 1.46. The Labute approximate surface area is 131 Å². The first-order valence-corrected chi connectivity index (χ1v) is 8.11. The molecule has 0 radical (unpaired) electrons. The summed E-state index contributed by atoms with van der Waals surface area (Å²) in [5, 5.41) is 4.11. The Morgan fingerprint density at radius 2 is 2.10 bits per heavy atom. The second-order valence-electron chi connectivity index (χ2n) is 5.84. The molecule has 3 rings (SSSR count). The minimum atomic E-state index is 0.640. The highest BCUT2D eigenvalue weighted by Gasteiger charge is 2.25. The predicted octanol–water partition coefficient (Wildman–Crippen LogP) is 2.69. The topological polar surface area (TPSA) is 33.7 Å². The van der Waals surface area contributed by atoms with Crippen LogP contribution in [-0.4, -0.2) is 44.3 Å². The van der Waals surface area contributed by atoms with Crippen molar-refractivity contribution in [2.24, 2.45) is 0 Å². The Balaban J connectivity index is 1.53. The van der Waals surface area contributed by atoms with Gasteiger partial charge in [0.1, 0.15) is 0 Å². The van der Waals surface area contributed by atoms with Crippen molar-refractivity contribution in [1.82, 2.24) is 10.2 Å². The third-order valence-corrected chi connectivity index (χ3v) is 4.28. The molecule has 0 unspecified atom stereocenters. The van der Waals surface area contributed by atoms with Crippen molar-refractivity contribution in [1.29, 1.82) is 0 Å². The van der Waals surface area contributed by atoms with E-state index in [4.69, 9.17) is 21.1 Å². The minimum absolute atomic E-state index is 0.640. The van der Waals surface area contributed by atoms with Gasteiger partial charge in [-0.25, -0.2) is 0 Å². The molecule has 1 aromatic carbocycles. The van der Waals surface area contributed by atoms with E-state index in [-0.39, 0.29) is 0 Å². The van der Waals surface area contributed by atoms with Crippen molar-refractivity contribution < 1.29 is 9.47 Å². The molecule has 5 heteroatoms. The van der Waals surface area contributed by atoms with Gasteiger partial charge in [-0.3, -0.25) is 0 Å². The van der Waals surface area contributed by atoms with Crippen molar-refractivity contribution >= 4 is 11.6 Å². The molecule has 4 nitrogen and oxygen atoms in total. The van der Waals surface area contributed by atoms with Crippen LogP contribution in [0.25, 0.3) is 0 Å². The van der Waals surface area contributed by atoms with Gasteiger partial charge in [0.05, 0.1) is 18.2 Å². The lowest BCUT2D eigenvalue weighted by Gasteiger charge is -2.16. The highest BCUT2D eigenvalue weighted by Crippen LogP contribution is 2.37. The van der Waals surface area contributed by atoms with E-state index in [0.717, 1.165) is 43.4 Å². The summed E-state index contributed by atoms with van der Waals surface area (Å²) in [7, 11) is 2.20. The number of nitrogens with zero attached hydrogens (tertiary/aromatic N) is 1. The van der Waals surface area contributed by atoms with Crippen LogP contribution in [0.3, 0.4) is 0 Å². The maximum atomic E-state index is 6.29. The molecule has 1 saturated carbocycles. The van der Waals surface area contributed by atoms with Crippen LogP contribution in [0.1, 0.15) is 24.8 Å². The molecule has 0 saturated heterocycles. The fourth-order valence-corrected chi connectivity index (χ4v) is 2.86. The third-order valence-electron chi connectivity index (χ3n) is 4.00. The molecule has 0 aromatic heterocycles. The molecule has 0 atom stereocenters. The van der Waals surface area contributed by atoms with Crippen LogP contribution in [0.4, 0.5) is 0 Å². The molecule has 0 spiro atoms. The van der Waals surface area contributed by atoms with Crippen molar-refractivity contribution in [2.45, 2.75) is 31.8 Å². The fourth-order valence-electron chi connectivity index (χ4n) is 2.57. The van der Waals surface area contributed by atoms with E-state index in [1.807, 2.05) is 12.1 Å². The minimum Gasteiger partial charge on any atom is -0.489 e. The van der Waals surface area contributed by atoms with E-state index in [1.54, 1.807) is 0 Å². The van der Waals surface area contributed by atoms with Gasteiger partial charge in [0.2, 0.25) is 0 Å². The molecule has 1 fully saturated rings. The molecule has 1 aromatic rings. The van der Waals surface area contributed by atoms with E-state index in [1.165, 1.54) is 12.8 Å². The number of likely N-dealkylation sites (N-methyl/N-ethyl adjacent to an activating group) is 1. The average Bonchev–Trinajstić information content (AvgIpc) is 3.29. The summed E-state index contributed by atoms with van der Waals surface area (Å²) in [5.41, 5.74) is 1.14. The van der Waals surface area contributed by atoms with Crippen molar-refractivity contribution in [3.05, 3.63) is 22.7 Å². The third kappa shape index (κ3) is 4.02. The van der Waals surface area contributed by atoms with Gasteiger partial charge in [0.25, 0.3) is 0 Å². The van der Waals surface area contributed by atoms with Crippen molar-refractivity contribution in [2.75, 3.05) is 33.4 Å². The normalized spacial score (nSPS) is 17.9. The molecule has 2 aliphatic rings. The largest absolute Gasteiger partial charge is 0.489 e. The molecular formula is C16H23ClN2O2. The van der Waals surface area contributed by atoms with Gasteiger partial charge in [0.15, 0.2) is 11.5 Å². The van der Waals surface area contributed by atoms with Crippen molar-refractivity contribution in [3.8, 4) is 11.5 Å². The van der Waals surface area contributed by atoms with E-state index in [0.29, 0.717) is 24.0 Å². The smallest absolute Gasteiger partial charge is 0.179 e. The number of halogens is 1. The van der Waals surface area contributed by atoms with E-state index < -0.39 is 0 Å². The van der Waals surface area contributed by atoms with Crippen LogP contribution in [-0.2, 0) is 6.54 Å². The summed E-state index contributed by atoms with van der Waals surface area (Å²) in [4.78, 5) is 2.42. The van der Waals surface area contributed by atoms with Crippen molar-refractivity contribution in [3.63, 3.8) is 0 Å². The van der Waals surface area contributed by atoms with E-state index in [2.05, 4.69) is 17.3 Å². The average molecular weight is 311 g/mol. The Bertz CT molecular complexity index is 491. The first kappa shape index (κ1) is 14.9. The molecule has 1 aliphatic heterocycles. The zero-order chi connectivity index (χ0) is 14.7. The molecule has 0 amide bonds. The maximum absolute atomic E-state index is 6.29. The number of hydrogen-bond donors (Lipinski definition) is 1. The monoisotopic (exact) mass is 310 g/mol. The van der Waals surface area contributed by atoms with Gasteiger partial charge in [0, 0.05) is 32.1 Å². The molecule has 21 heavy (non-hydrogen) atoms. The van der Waals surface area contributed by atoms with E-state index >= 15 is 0 Å². The molecule has 1 aliphatic carbocycles. The Morgan fingerprint density at radius 1 is 1.29 bits per heavy atom. The summed E-state index contributed by atoms with van der Waals surface area (Å²) < 4.78 is 11.3. The second kappa shape index (κ2) is 6.86. The Hall–Kier alpha value is -0.970. The number of ether oxygens (including phenoxy) is 2.